The van der Waals surface area contributed by atoms with Gasteiger partial charge in [0.05, 0.1) is 0 Å². The average molecular weight is 386 g/mol. The molecule has 0 saturated carbocycles. The van der Waals surface area contributed by atoms with Crippen LogP contribution in [0.4, 0.5) is 0 Å². The minimum absolute atomic E-state index is 0.0335. The zero-order chi connectivity index (χ0) is 21.8. The van der Waals surface area contributed by atoms with Crippen molar-refractivity contribution >= 4 is 11.1 Å². The molecule has 0 amide bonds. The van der Waals surface area contributed by atoms with Gasteiger partial charge in [0.25, 0.3) is 0 Å². The maximum atomic E-state index is 4.25. The lowest BCUT2D eigenvalue weighted by molar-refractivity contribution is 0.330. The largest absolute Gasteiger partial charge is 0.374 e. The first-order valence-corrected chi connectivity index (χ1v) is 10.1. The van der Waals surface area contributed by atoms with Crippen LogP contribution in [0, 0.1) is 13.8 Å². The molecular weight excluding hydrogens is 350 g/mol. The second-order valence-electron chi connectivity index (χ2n) is 8.77. The predicted molar refractivity (Wildman–Crippen MR) is 130 cm³/mol. The Hall–Kier alpha value is -2.80. The molecule has 0 saturated heterocycles. The van der Waals surface area contributed by atoms with E-state index >= 15 is 0 Å². The second-order valence-corrected chi connectivity index (χ2v) is 8.77. The fourth-order valence-corrected chi connectivity index (χ4v) is 3.55. The third-order valence-corrected chi connectivity index (χ3v) is 5.49. The van der Waals surface area contributed by atoms with Crippen LogP contribution in [0.3, 0.4) is 0 Å². The van der Waals surface area contributed by atoms with Crippen LogP contribution in [-0.2, 0) is 5.41 Å². The number of likely N-dealkylation sites (N-methyl/N-ethyl adjacent to an activating group) is 1. The van der Waals surface area contributed by atoms with Crippen LogP contribution in [0.1, 0.15) is 48.6 Å². The maximum Gasteiger partial charge on any atom is 0.0291 e. The Balaban J connectivity index is 2.05. The molecule has 0 aliphatic rings. The first-order chi connectivity index (χ1) is 13.5. The van der Waals surface area contributed by atoms with Gasteiger partial charge in [0.15, 0.2) is 0 Å². The molecule has 2 aromatic carbocycles. The minimum atomic E-state index is 0.0335. The highest BCUT2D eigenvalue weighted by Gasteiger charge is 2.22. The van der Waals surface area contributed by atoms with Crippen LogP contribution < -0.4 is 0 Å². The minimum Gasteiger partial charge on any atom is -0.374 e. The lowest BCUT2D eigenvalue weighted by atomic mass is 9.83. The number of hydrogen-bond donors (Lipinski definition) is 0. The molecule has 1 nitrogen and oxygen atoms in total. The van der Waals surface area contributed by atoms with Crippen molar-refractivity contribution < 1.29 is 0 Å². The molecule has 29 heavy (non-hydrogen) atoms. The number of hydrogen-bond acceptors (Lipinski definition) is 1. The van der Waals surface area contributed by atoms with Crippen molar-refractivity contribution in [1.82, 2.24) is 4.90 Å². The zero-order valence-corrected chi connectivity index (χ0v) is 19.0. The molecule has 0 atom stereocenters. The van der Waals surface area contributed by atoms with E-state index in [0.717, 1.165) is 29.0 Å². The Labute approximate surface area is 177 Å². The van der Waals surface area contributed by atoms with Crippen LogP contribution in [-0.4, -0.2) is 18.5 Å². The number of nitrogens with zero attached hydrogens (tertiary/aromatic N) is 1. The van der Waals surface area contributed by atoms with E-state index in [9.17, 15) is 0 Å². The molecular formula is C28H35N. The van der Waals surface area contributed by atoms with Crippen molar-refractivity contribution in [2.45, 2.75) is 40.0 Å². The monoisotopic (exact) mass is 385 g/mol. The van der Waals surface area contributed by atoms with Crippen LogP contribution >= 0.6 is 0 Å². The highest BCUT2D eigenvalue weighted by atomic mass is 15.1. The number of aryl methyl sites for hydroxylation is 2. The van der Waals surface area contributed by atoms with Crippen molar-refractivity contribution in [2.75, 3.05) is 13.6 Å². The molecule has 0 aliphatic heterocycles. The van der Waals surface area contributed by atoms with Gasteiger partial charge in [-0.1, -0.05) is 93.3 Å². The smallest absolute Gasteiger partial charge is 0.0291 e. The summed E-state index contributed by atoms with van der Waals surface area (Å²) < 4.78 is 0. The fourth-order valence-electron chi connectivity index (χ4n) is 3.55. The van der Waals surface area contributed by atoms with Crippen molar-refractivity contribution in [3.8, 4) is 0 Å². The molecule has 0 N–H and O–H groups in total. The molecule has 0 spiro atoms. The van der Waals surface area contributed by atoms with Gasteiger partial charge in [-0.05, 0) is 54.7 Å². The summed E-state index contributed by atoms with van der Waals surface area (Å²) in [5.41, 5.74) is 9.25. The maximum absolute atomic E-state index is 4.25. The summed E-state index contributed by atoms with van der Waals surface area (Å²) in [4.78, 5) is 2.21. The van der Waals surface area contributed by atoms with E-state index in [1.807, 2.05) is 13.0 Å². The van der Waals surface area contributed by atoms with Crippen LogP contribution in [0.2, 0.25) is 0 Å². The Kier molecular flexibility index (Phi) is 7.08. The first kappa shape index (κ1) is 22.5. The van der Waals surface area contributed by atoms with Gasteiger partial charge in [0.2, 0.25) is 0 Å². The fraction of sp³-hybridized carbons (Fsp3) is 0.286. The van der Waals surface area contributed by atoms with Gasteiger partial charge in [-0.15, -0.1) is 0 Å². The van der Waals surface area contributed by atoms with E-state index in [0.29, 0.717) is 0 Å². The molecule has 2 aromatic rings. The molecule has 152 valence electrons. The van der Waals surface area contributed by atoms with Gasteiger partial charge >= 0.3 is 0 Å². The number of allylic oxidation sites excluding steroid dienone is 4. The van der Waals surface area contributed by atoms with Gasteiger partial charge in [-0.3, -0.25) is 0 Å². The van der Waals surface area contributed by atoms with E-state index in [4.69, 9.17) is 0 Å². The number of benzene rings is 2. The number of rotatable bonds is 8. The summed E-state index contributed by atoms with van der Waals surface area (Å²) in [5.74, 6) is 0. The predicted octanol–water partition coefficient (Wildman–Crippen LogP) is 7.33. The van der Waals surface area contributed by atoms with Crippen molar-refractivity contribution in [1.29, 1.82) is 0 Å². The summed E-state index contributed by atoms with van der Waals surface area (Å²) in [7, 11) is 2.09. The third kappa shape index (κ3) is 5.84. The SMILES string of the molecule is C=C(/C=C\C(=C)N(C)CC(C)(C)c1ccc(C)cc1)c1ccc(C(=C)C)c(C)c1. The van der Waals surface area contributed by atoms with Crippen molar-refractivity contribution in [2.24, 2.45) is 0 Å². The topological polar surface area (TPSA) is 3.24 Å². The van der Waals surface area contributed by atoms with Crippen molar-refractivity contribution in [3.05, 3.63) is 108 Å². The normalized spacial score (nSPS) is 11.5. The van der Waals surface area contributed by atoms with Gasteiger partial charge in [-0.25, -0.2) is 0 Å². The zero-order valence-electron chi connectivity index (χ0n) is 19.0. The van der Waals surface area contributed by atoms with E-state index < -0.39 is 0 Å². The molecule has 0 heterocycles. The van der Waals surface area contributed by atoms with Crippen LogP contribution in [0.15, 0.2) is 80.1 Å². The molecule has 0 aliphatic carbocycles. The van der Waals surface area contributed by atoms with Crippen LogP contribution in [0.5, 0.6) is 0 Å². The highest BCUT2D eigenvalue weighted by Crippen LogP contribution is 2.26. The van der Waals surface area contributed by atoms with E-state index in [-0.39, 0.29) is 5.41 Å². The van der Waals surface area contributed by atoms with Crippen molar-refractivity contribution in [3.63, 3.8) is 0 Å². The van der Waals surface area contributed by atoms with E-state index in [1.165, 1.54) is 22.3 Å². The molecule has 0 aromatic heterocycles. The molecule has 0 radical (unpaired) electrons. The lowest BCUT2D eigenvalue weighted by Crippen LogP contribution is -2.33. The van der Waals surface area contributed by atoms with E-state index in [1.54, 1.807) is 0 Å². The third-order valence-electron chi connectivity index (χ3n) is 5.49. The Bertz CT molecular complexity index is 939. The van der Waals surface area contributed by atoms with Gasteiger partial charge < -0.3 is 4.90 Å². The van der Waals surface area contributed by atoms with Crippen LogP contribution in [0.25, 0.3) is 11.1 Å². The standard InChI is InChI=1S/C28H35N/c1-20(2)27-17-14-25(18-23(27)5)22(4)12-13-24(6)29(9)19-28(7,8)26-15-10-21(3)11-16-26/h10-18H,1,4,6,19H2,2-3,5,7-9H3/b13-12-. The van der Waals surface area contributed by atoms with E-state index in [2.05, 4.69) is 108 Å². The Morgan fingerprint density at radius 2 is 1.59 bits per heavy atom. The van der Waals surface area contributed by atoms with Gasteiger partial charge in [-0.2, -0.15) is 0 Å². The quantitative estimate of drug-likeness (QED) is 0.430. The summed E-state index contributed by atoms with van der Waals surface area (Å²) in [6.07, 6.45) is 4.10. The average Bonchev–Trinajstić information content (AvgIpc) is 2.65. The Morgan fingerprint density at radius 1 is 0.966 bits per heavy atom. The molecule has 0 unspecified atom stereocenters. The van der Waals surface area contributed by atoms with Gasteiger partial charge in [0.1, 0.15) is 0 Å². The summed E-state index contributed by atoms with van der Waals surface area (Å²) in [5, 5.41) is 0. The van der Waals surface area contributed by atoms with Gasteiger partial charge in [0, 0.05) is 24.7 Å². The summed E-state index contributed by atoms with van der Waals surface area (Å²) in [6, 6.07) is 15.2. The summed E-state index contributed by atoms with van der Waals surface area (Å²) >= 11 is 0. The second kappa shape index (κ2) is 9.13. The highest BCUT2D eigenvalue weighted by molar-refractivity contribution is 5.75. The first-order valence-electron chi connectivity index (χ1n) is 10.1. The molecule has 0 fully saturated rings. The Morgan fingerprint density at radius 3 is 2.14 bits per heavy atom. The lowest BCUT2D eigenvalue weighted by Gasteiger charge is -2.32. The molecule has 2 rings (SSSR count). The molecule has 0 bridgehead atoms. The summed E-state index contributed by atoms with van der Waals surface area (Å²) in [6.45, 7) is 24.2. The molecule has 1 heteroatoms.